The van der Waals surface area contributed by atoms with Crippen LogP contribution in [0, 0.1) is 5.92 Å². The van der Waals surface area contributed by atoms with Crippen molar-refractivity contribution in [2.75, 3.05) is 0 Å². The van der Waals surface area contributed by atoms with E-state index in [1.165, 1.54) is 0 Å². The van der Waals surface area contributed by atoms with Crippen LogP contribution < -0.4 is 5.73 Å². The predicted octanol–water partition coefficient (Wildman–Crippen LogP) is 1.18. The Hall–Kier alpha value is -0.870. The smallest absolute Gasteiger partial charge is 0.161 e. The van der Waals surface area contributed by atoms with Gasteiger partial charge in [-0.25, -0.2) is 4.21 Å². The van der Waals surface area contributed by atoms with Gasteiger partial charge in [-0.2, -0.15) is 0 Å². The summed E-state index contributed by atoms with van der Waals surface area (Å²) in [7, 11) is 0. The van der Waals surface area contributed by atoms with Gasteiger partial charge < -0.3 is 10.3 Å². The first-order valence-corrected chi connectivity index (χ1v) is 5.14. The molecule has 0 aromatic carbocycles. The fraction of sp³-hybridized carbons (Fsp3) is 0.333. The first-order chi connectivity index (χ1) is 6.13. The molecule has 0 aromatic rings. The van der Waals surface area contributed by atoms with E-state index in [9.17, 15) is 4.21 Å². The van der Waals surface area contributed by atoms with Gasteiger partial charge in [0.05, 0.1) is 5.25 Å². The summed E-state index contributed by atoms with van der Waals surface area (Å²) in [6, 6.07) is 0. The van der Waals surface area contributed by atoms with Crippen LogP contribution in [0.25, 0.3) is 0 Å². The van der Waals surface area contributed by atoms with Gasteiger partial charge in [-0.3, -0.25) is 0 Å². The lowest BCUT2D eigenvalue weighted by Gasteiger charge is -1.93. The minimum absolute atomic E-state index is 0.0613. The summed E-state index contributed by atoms with van der Waals surface area (Å²) in [5.41, 5.74) is 7.22. The van der Waals surface area contributed by atoms with Crippen LogP contribution in [0.3, 0.4) is 0 Å². The lowest BCUT2D eigenvalue weighted by Crippen LogP contribution is -2.05. The highest BCUT2D eigenvalue weighted by Gasteiger charge is 2.49. The molecule has 0 amide bonds. The summed E-state index contributed by atoms with van der Waals surface area (Å²) in [6.45, 7) is 5.35. The van der Waals surface area contributed by atoms with E-state index in [-0.39, 0.29) is 11.2 Å². The Bertz CT molecular complexity index is 307. The largest absolute Gasteiger partial charge is 0.402 e. The van der Waals surface area contributed by atoms with Gasteiger partial charge >= 0.3 is 0 Å². The van der Waals surface area contributed by atoms with Crippen molar-refractivity contribution in [2.24, 2.45) is 11.7 Å². The average molecular weight is 199 g/mol. The van der Waals surface area contributed by atoms with Crippen LogP contribution in [0.15, 0.2) is 36.1 Å². The molecule has 1 aliphatic carbocycles. The van der Waals surface area contributed by atoms with Gasteiger partial charge in [0.25, 0.3) is 0 Å². The van der Waals surface area contributed by atoms with Crippen molar-refractivity contribution in [1.82, 2.24) is 0 Å². The molecule has 72 valence electrons. The second kappa shape index (κ2) is 3.89. The van der Waals surface area contributed by atoms with E-state index in [1.54, 1.807) is 18.2 Å². The second-order valence-corrected chi connectivity index (χ2v) is 3.93. The highest BCUT2D eigenvalue weighted by atomic mass is 32.2. The Morgan fingerprint density at radius 2 is 2.38 bits per heavy atom. The van der Waals surface area contributed by atoms with Gasteiger partial charge in [0, 0.05) is 11.6 Å². The highest BCUT2D eigenvalue weighted by Crippen LogP contribution is 2.45. The molecule has 3 N–H and O–H groups in total. The van der Waals surface area contributed by atoms with Gasteiger partial charge in [0.2, 0.25) is 0 Å². The Kier molecular flexibility index (Phi) is 3.06. The molecule has 0 aromatic heterocycles. The summed E-state index contributed by atoms with van der Waals surface area (Å²) in [6.07, 6.45) is 5.12. The zero-order valence-corrected chi connectivity index (χ0v) is 8.25. The molecule has 0 heterocycles. The van der Waals surface area contributed by atoms with Gasteiger partial charge in [-0.1, -0.05) is 24.8 Å². The SMILES string of the molecule is C=CC=C1C(C(N)=CC)C1S(=O)O. The molecule has 4 heteroatoms. The van der Waals surface area contributed by atoms with Gasteiger partial charge in [-0.15, -0.1) is 0 Å². The highest BCUT2D eigenvalue weighted by molar-refractivity contribution is 7.80. The zero-order chi connectivity index (χ0) is 10.0. The molecule has 3 unspecified atom stereocenters. The molecule has 13 heavy (non-hydrogen) atoms. The molecular formula is C9H13NO2S. The average Bonchev–Trinajstić information content (AvgIpc) is 2.78. The van der Waals surface area contributed by atoms with E-state index in [4.69, 9.17) is 10.3 Å². The van der Waals surface area contributed by atoms with Gasteiger partial charge in [0.1, 0.15) is 0 Å². The molecule has 1 aliphatic rings. The Morgan fingerprint density at radius 3 is 2.77 bits per heavy atom. The van der Waals surface area contributed by atoms with E-state index >= 15 is 0 Å². The first-order valence-electron chi connectivity index (χ1n) is 3.97. The van der Waals surface area contributed by atoms with Crippen molar-refractivity contribution >= 4 is 11.1 Å². The number of hydrogen-bond donors (Lipinski definition) is 2. The van der Waals surface area contributed by atoms with Crippen LogP contribution in [-0.2, 0) is 11.1 Å². The molecule has 0 spiro atoms. The van der Waals surface area contributed by atoms with Crippen LogP contribution >= 0.6 is 0 Å². The summed E-state index contributed by atoms with van der Waals surface area (Å²) in [5, 5.41) is -0.325. The van der Waals surface area contributed by atoms with Crippen molar-refractivity contribution < 1.29 is 8.76 Å². The van der Waals surface area contributed by atoms with Gasteiger partial charge in [0.15, 0.2) is 11.1 Å². The van der Waals surface area contributed by atoms with E-state index in [1.807, 2.05) is 6.92 Å². The summed E-state index contributed by atoms with van der Waals surface area (Å²) >= 11 is -1.83. The van der Waals surface area contributed by atoms with Crippen molar-refractivity contribution in [2.45, 2.75) is 12.2 Å². The molecule has 3 atom stereocenters. The van der Waals surface area contributed by atoms with Crippen LogP contribution in [0.1, 0.15) is 6.92 Å². The Labute approximate surface area is 80.3 Å². The molecule has 3 nitrogen and oxygen atoms in total. The third-order valence-corrected chi connectivity index (χ3v) is 3.08. The lowest BCUT2D eigenvalue weighted by molar-refractivity contribution is 0.561. The second-order valence-electron chi connectivity index (χ2n) is 2.87. The summed E-state index contributed by atoms with van der Waals surface area (Å²) in [5.74, 6) is -0.0613. The Balaban J connectivity index is 2.85. The molecule has 0 bridgehead atoms. The van der Waals surface area contributed by atoms with Crippen LogP contribution in [0.4, 0.5) is 0 Å². The van der Waals surface area contributed by atoms with Crippen molar-refractivity contribution in [3.05, 3.63) is 36.1 Å². The summed E-state index contributed by atoms with van der Waals surface area (Å²) < 4.78 is 19.7. The molecule has 0 saturated heterocycles. The third kappa shape index (κ3) is 1.89. The molecule has 0 radical (unpaired) electrons. The van der Waals surface area contributed by atoms with E-state index in [0.717, 1.165) is 5.57 Å². The van der Waals surface area contributed by atoms with Crippen molar-refractivity contribution in [3.8, 4) is 0 Å². The molecular weight excluding hydrogens is 186 g/mol. The predicted molar refractivity (Wildman–Crippen MR) is 54.3 cm³/mol. The van der Waals surface area contributed by atoms with Crippen LogP contribution in [0.2, 0.25) is 0 Å². The van der Waals surface area contributed by atoms with Crippen molar-refractivity contribution in [3.63, 3.8) is 0 Å². The quantitative estimate of drug-likeness (QED) is 0.671. The van der Waals surface area contributed by atoms with E-state index < -0.39 is 11.1 Å². The van der Waals surface area contributed by atoms with Crippen LogP contribution in [-0.4, -0.2) is 14.0 Å². The van der Waals surface area contributed by atoms with Crippen LogP contribution in [0.5, 0.6) is 0 Å². The van der Waals surface area contributed by atoms with E-state index in [0.29, 0.717) is 5.70 Å². The minimum Gasteiger partial charge on any atom is -0.402 e. The Morgan fingerprint density at radius 1 is 1.77 bits per heavy atom. The maximum Gasteiger partial charge on any atom is 0.161 e. The number of hydrogen-bond acceptors (Lipinski definition) is 2. The zero-order valence-electron chi connectivity index (χ0n) is 7.43. The standard InChI is InChI=1S/C9H13NO2S/c1-3-5-6-8(7(10)4-2)9(6)13(11)12/h3-5,8-9H,1,10H2,2H3,(H,11,12). The molecule has 1 rings (SSSR count). The number of rotatable bonds is 3. The maximum absolute atomic E-state index is 10.8. The molecule has 1 saturated carbocycles. The lowest BCUT2D eigenvalue weighted by atomic mass is 10.3. The van der Waals surface area contributed by atoms with Gasteiger partial charge in [-0.05, 0) is 12.5 Å². The fourth-order valence-electron chi connectivity index (χ4n) is 1.37. The first kappa shape index (κ1) is 10.2. The molecule has 1 fully saturated rings. The summed E-state index contributed by atoms with van der Waals surface area (Å²) in [4.78, 5) is 0. The monoisotopic (exact) mass is 199 g/mol. The minimum atomic E-state index is -1.83. The molecule has 0 aliphatic heterocycles. The fourth-order valence-corrected chi connectivity index (χ4v) is 2.30. The normalized spacial score (nSPS) is 33.1. The van der Waals surface area contributed by atoms with E-state index in [2.05, 4.69) is 6.58 Å². The van der Waals surface area contributed by atoms with Crippen molar-refractivity contribution in [1.29, 1.82) is 0 Å². The third-order valence-electron chi connectivity index (χ3n) is 2.10. The number of nitrogens with two attached hydrogens (primary N) is 1. The topological polar surface area (TPSA) is 63.3 Å². The number of allylic oxidation sites excluding steroid dienone is 4. The maximum atomic E-state index is 10.8.